The molecule has 0 saturated carbocycles. The van der Waals surface area contributed by atoms with Crippen LogP contribution in [0.5, 0.6) is 0 Å². The van der Waals surface area contributed by atoms with Crippen LogP contribution in [-0.4, -0.2) is 13.1 Å². The van der Waals surface area contributed by atoms with E-state index in [0.29, 0.717) is 16.7 Å². The molecule has 0 unspecified atom stereocenters. The van der Waals surface area contributed by atoms with Gasteiger partial charge in [-0.25, -0.2) is 14.0 Å². The zero-order valence-electron chi connectivity index (χ0n) is 12.3. The molecule has 0 atom stereocenters. The first kappa shape index (κ1) is 14.7. The van der Waals surface area contributed by atoms with Crippen molar-refractivity contribution in [1.82, 2.24) is 0 Å². The van der Waals surface area contributed by atoms with Gasteiger partial charge in [-0.1, -0.05) is 42.5 Å². The molecule has 0 N–H and O–H groups in total. The Kier molecular flexibility index (Phi) is 3.78. The molecule has 0 heterocycles. The van der Waals surface area contributed by atoms with Gasteiger partial charge in [0.25, 0.3) is 0 Å². The highest BCUT2D eigenvalue weighted by Crippen LogP contribution is 2.34. The Morgan fingerprint density at radius 2 is 1.83 bits per heavy atom. The summed E-state index contributed by atoms with van der Waals surface area (Å²) in [7, 11) is 1.32. The summed E-state index contributed by atoms with van der Waals surface area (Å²) >= 11 is 0. The average Bonchev–Trinajstić information content (AvgIpc) is 2.60. The van der Waals surface area contributed by atoms with Crippen molar-refractivity contribution in [3.05, 3.63) is 77.4 Å². The van der Waals surface area contributed by atoms with Crippen LogP contribution in [0, 0.1) is 12.4 Å². The fraction of sp³-hybridized carbons (Fsp3) is 0.0526. The number of halogens is 1. The number of ether oxygens (including phenoxy) is 1. The first-order chi connectivity index (χ1) is 11.2. The smallest absolute Gasteiger partial charge is 0.337 e. The van der Waals surface area contributed by atoms with Gasteiger partial charge in [0.15, 0.2) is 0 Å². The Morgan fingerprint density at radius 3 is 2.57 bits per heavy atom. The molecule has 0 aromatic heterocycles. The van der Waals surface area contributed by atoms with Crippen LogP contribution in [0.1, 0.15) is 10.4 Å². The van der Waals surface area contributed by atoms with Crippen LogP contribution < -0.4 is 0 Å². The molecule has 0 fully saturated rings. The minimum Gasteiger partial charge on any atom is -0.465 e. The lowest BCUT2D eigenvalue weighted by Gasteiger charge is -2.10. The summed E-state index contributed by atoms with van der Waals surface area (Å²) in [5, 5.41) is 1.61. The van der Waals surface area contributed by atoms with Crippen LogP contribution in [0.4, 0.5) is 10.1 Å². The van der Waals surface area contributed by atoms with Gasteiger partial charge in [0.05, 0.1) is 19.2 Å². The summed E-state index contributed by atoms with van der Waals surface area (Å²) in [6.07, 6.45) is 0. The molecule has 3 rings (SSSR count). The van der Waals surface area contributed by atoms with E-state index in [1.54, 1.807) is 36.4 Å². The van der Waals surface area contributed by atoms with Crippen LogP contribution in [0.15, 0.2) is 54.6 Å². The highest BCUT2D eigenvalue weighted by Gasteiger charge is 2.14. The van der Waals surface area contributed by atoms with Gasteiger partial charge in [0.2, 0.25) is 5.69 Å². The third-order valence-electron chi connectivity index (χ3n) is 3.69. The van der Waals surface area contributed by atoms with Crippen LogP contribution >= 0.6 is 0 Å². The minimum atomic E-state index is -0.557. The number of hydrogen-bond acceptors (Lipinski definition) is 2. The molecule has 112 valence electrons. The van der Waals surface area contributed by atoms with Crippen LogP contribution in [0.3, 0.4) is 0 Å². The second-order valence-corrected chi connectivity index (χ2v) is 4.98. The number of fused-ring (bicyclic) bond motifs is 1. The van der Waals surface area contributed by atoms with E-state index in [9.17, 15) is 9.18 Å². The molecule has 0 bridgehead atoms. The maximum atomic E-state index is 14.5. The highest BCUT2D eigenvalue weighted by molar-refractivity contribution is 6.02. The standard InChI is InChI=1S/C19H12FNO2/c1-21-17-8-4-7-15(18(17)20)14-6-3-5-12-9-10-13(11-16(12)14)19(22)23-2/h3-11H,2H3. The van der Waals surface area contributed by atoms with Crippen molar-refractivity contribution in [3.63, 3.8) is 0 Å². The topological polar surface area (TPSA) is 30.7 Å². The molecular weight excluding hydrogens is 293 g/mol. The van der Waals surface area contributed by atoms with Crippen molar-refractivity contribution in [2.24, 2.45) is 0 Å². The van der Waals surface area contributed by atoms with E-state index in [2.05, 4.69) is 4.85 Å². The predicted molar refractivity (Wildman–Crippen MR) is 86.9 cm³/mol. The van der Waals surface area contributed by atoms with Gasteiger partial charge in [0, 0.05) is 5.56 Å². The molecule has 0 saturated heterocycles. The predicted octanol–water partition coefficient (Wildman–Crippen LogP) is 4.98. The number of nitrogens with zero attached hydrogens (tertiary/aromatic N) is 1. The second-order valence-electron chi connectivity index (χ2n) is 4.98. The Morgan fingerprint density at radius 1 is 1.09 bits per heavy atom. The maximum Gasteiger partial charge on any atom is 0.337 e. The number of rotatable bonds is 2. The molecule has 0 amide bonds. The van der Waals surface area contributed by atoms with E-state index in [1.807, 2.05) is 12.1 Å². The molecule has 0 spiro atoms. The van der Waals surface area contributed by atoms with E-state index in [1.165, 1.54) is 13.2 Å². The van der Waals surface area contributed by atoms with E-state index in [4.69, 9.17) is 11.3 Å². The SMILES string of the molecule is [C-]#[N+]c1cccc(-c2cccc3ccc(C(=O)OC)cc23)c1F. The molecule has 4 heteroatoms. The number of hydrogen-bond donors (Lipinski definition) is 0. The number of carbonyl (C=O) groups is 1. The quantitative estimate of drug-likeness (QED) is 0.493. The largest absolute Gasteiger partial charge is 0.465 e. The van der Waals surface area contributed by atoms with Gasteiger partial charge in [0.1, 0.15) is 5.82 Å². The van der Waals surface area contributed by atoms with Crippen molar-refractivity contribution in [2.45, 2.75) is 0 Å². The van der Waals surface area contributed by atoms with Gasteiger partial charge >= 0.3 is 5.97 Å². The first-order valence-corrected chi connectivity index (χ1v) is 6.93. The Labute approximate surface area is 132 Å². The van der Waals surface area contributed by atoms with Gasteiger partial charge in [-0.2, -0.15) is 0 Å². The summed E-state index contributed by atoms with van der Waals surface area (Å²) in [5.41, 5.74) is 1.35. The molecular formula is C19H12FNO2. The number of carbonyl (C=O) groups excluding carboxylic acids is 1. The number of methoxy groups -OCH3 is 1. The molecule has 0 aliphatic heterocycles. The van der Waals surface area contributed by atoms with E-state index in [-0.39, 0.29) is 5.69 Å². The average molecular weight is 305 g/mol. The molecule has 23 heavy (non-hydrogen) atoms. The van der Waals surface area contributed by atoms with E-state index >= 15 is 0 Å². The lowest BCUT2D eigenvalue weighted by Crippen LogP contribution is -2.00. The number of esters is 1. The normalized spacial score (nSPS) is 10.3. The third-order valence-corrected chi connectivity index (χ3v) is 3.69. The van der Waals surface area contributed by atoms with Crippen LogP contribution in [-0.2, 0) is 4.74 Å². The van der Waals surface area contributed by atoms with Gasteiger partial charge in [-0.05, 0) is 28.5 Å². The maximum absolute atomic E-state index is 14.5. The monoisotopic (exact) mass is 305 g/mol. The zero-order valence-corrected chi connectivity index (χ0v) is 12.3. The van der Waals surface area contributed by atoms with Crippen molar-refractivity contribution in [3.8, 4) is 11.1 Å². The molecule has 0 radical (unpaired) electrons. The Hall–Kier alpha value is -3.19. The Bertz CT molecular complexity index is 957. The summed E-state index contributed by atoms with van der Waals surface area (Å²) in [5.74, 6) is -1.00. The van der Waals surface area contributed by atoms with Crippen LogP contribution in [0.2, 0.25) is 0 Å². The van der Waals surface area contributed by atoms with Crippen molar-refractivity contribution in [1.29, 1.82) is 0 Å². The molecule has 3 aromatic rings. The highest BCUT2D eigenvalue weighted by atomic mass is 19.1. The third kappa shape index (κ3) is 2.53. The molecule has 3 aromatic carbocycles. The first-order valence-electron chi connectivity index (χ1n) is 6.93. The summed E-state index contributed by atoms with van der Waals surface area (Å²) in [4.78, 5) is 14.9. The summed E-state index contributed by atoms with van der Waals surface area (Å²) in [6.45, 7) is 7.05. The lowest BCUT2D eigenvalue weighted by atomic mass is 9.96. The second kappa shape index (κ2) is 5.90. The lowest BCUT2D eigenvalue weighted by molar-refractivity contribution is 0.0601. The summed E-state index contributed by atoms with van der Waals surface area (Å²) < 4.78 is 19.2. The van der Waals surface area contributed by atoms with Crippen molar-refractivity contribution < 1.29 is 13.9 Å². The van der Waals surface area contributed by atoms with Gasteiger partial charge < -0.3 is 4.74 Å². The van der Waals surface area contributed by atoms with E-state index < -0.39 is 11.8 Å². The fourth-order valence-electron chi connectivity index (χ4n) is 2.57. The van der Waals surface area contributed by atoms with Crippen molar-refractivity contribution >= 4 is 22.4 Å². The van der Waals surface area contributed by atoms with E-state index in [0.717, 1.165) is 10.8 Å². The van der Waals surface area contributed by atoms with Crippen molar-refractivity contribution in [2.75, 3.05) is 7.11 Å². The molecule has 0 aliphatic rings. The molecule has 0 aliphatic carbocycles. The Balaban J connectivity index is 2.30. The molecule has 3 nitrogen and oxygen atoms in total. The zero-order chi connectivity index (χ0) is 16.4. The fourth-order valence-corrected chi connectivity index (χ4v) is 2.57. The minimum absolute atomic E-state index is 0.0244. The number of benzene rings is 3. The van der Waals surface area contributed by atoms with Gasteiger partial charge in [-0.15, -0.1) is 0 Å². The van der Waals surface area contributed by atoms with Crippen LogP contribution in [0.25, 0.3) is 26.7 Å². The van der Waals surface area contributed by atoms with Gasteiger partial charge in [-0.3, -0.25) is 0 Å². The summed E-state index contributed by atoms with van der Waals surface area (Å²) in [6, 6.07) is 15.3.